The van der Waals surface area contributed by atoms with Crippen LogP contribution in [0.15, 0.2) is 59.5 Å². The fraction of sp³-hybridized carbons (Fsp3) is 0.364. The van der Waals surface area contributed by atoms with E-state index in [2.05, 4.69) is 4.72 Å². The number of sulfonamides is 1. The fourth-order valence-corrected chi connectivity index (χ4v) is 4.49. The fourth-order valence-electron chi connectivity index (χ4n) is 3.29. The Morgan fingerprint density at radius 3 is 2.23 bits per heavy atom. The number of para-hydroxylation sites is 1. The van der Waals surface area contributed by atoms with Gasteiger partial charge in [-0.05, 0) is 52.0 Å². The number of aryl methyl sites for hydroxylation is 1. The first kappa shape index (κ1) is 22.0. The van der Waals surface area contributed by atoms with E-state index < -0.39 is 39.6 Å². The van der Waals surface area contributed by atoms with Crippen LogP contribution in [-0.4, -0.2) is 38.0 Å². The van der Waals surface area contributed by atoms with E-state index in [0.29, 0.717) is 5.69 Å². The van der Waals surface area contributed by atoms with Gasteiger partial charge in [-0.2, -0.15) is 4.72 Å². The Morgan fingerprint density at radius 1 is 1.07 bits per heavy atom. The first-order valence-electron chi connectivity index (χ1n) is 9.68. The van der Waals surface area contributed by atoms with Crippen LogP contribution in [-0.2, 0) is 24.3 Å². The molecular weight excluding hydrogens is 404 g/mol. The molecule has 1 saturated heterocycles. The number of carbonyl (C=O) groups excluding carboxylic acids is 2. The van der Waals surface area contributed by atoms with Crippen molar-refractivity contribution in [1.29, 1.82) is 0 Å². The van der Waals surface area contributed by atoms with Gasteiger partial charge >= 0.3 is 5.97 Å². The number of nitrogens with one attached hydrogen (secondary N) is 1. The van der Waals surface area contributed by atoms with Crippen molar-refractivity contribution < 1.29 is 22.7 Å². The van der Waals surface area contributed by atoms with E-state index in [1.165, 1.54) is 17.0 Å². The summed E-state index contributed by atoms with van der Waals surface area (Å²) in [7, 11) is -3.93. The maximum Gasteiger partial charge on any atom is 0.329 e. The van der Waals surface area contributed by atoms with Crippen molar-refractivity contribution >= 4 is 27.6 Å². The lowest BCUT2D eigenvalue weighted by Gasteiger charge is -2.27. The standard InChI is InChI=1S/C22H26N2O5S/c1-15-10-12-17(13-11-15)30(27,28)23-18-14-19(21(26)29-22(2,3)4)24(20(18)25)16-8-6-5-7-9-16/h5-13,18-19,23H,14H2,1-4H3/t18-,19-/m0/s1. The van der Waals surface area contributed by atoms with Crippen LogP contribution < -0.4 is 9.62 Å². The summed E-state index contributed by atoms with van der Waals surface area (Å²) in [5.41, 5.74) is 0.698. The van der Waals surface area contributed by atoms with E-state index in [0.717, 1.165) is 5.56 Å². The van der Waals surface area contributed by atoms with Crippen LogP contribution in [0.2, 0.25) is 0 Å². The van der Waals surface area contributed by atoms with Crippen molar-refractivity contribution in [3.63, 3.8) is 0 Å². The van der Waals surface area contributed by atoms with Gasteiger partial charge in [-0.15, -0.1) is 0 Å². The van der Waals surface area contributed by atoms with Crippen molar-refractivity contribution in [2.45, 2.75) is 56.7 Å². The van der Waals surface area contributed by atoms with Gasteiger partial charge in [-0.1, -0.05) is 35.9 Å². The number of hydrogen-bond donors (Lipinski definition) is 1. The highest BCUT2D eigenvalue weighted by Crippen LogP contribution is 2.29. The third-order valence-electron chi connectivity index (χ3n) is 4.65. The number of amides is 1. The number of carbonyl (C=O) groups is 2. The van der Waals surface area contributed by atoms with Gasteiger partial charge in [0.2, 0.25) is 15.9 Å². The Balaban J connectivity index is 1.90. The number of esters is 1. The minimum absolute atomic E-state index is 0.0201. The quantitative estimate of drug-likeness (QED) is 0.737. The molecular formula is C22H26N2O5S. The first-order chi connectivity index (χ1) is 14.0. The molecule has 1 heterocycles. The maximum atomic E-state index is 13.1. The molecule has 160 valence electrons. The molecule has 30 heavy (non-hydrogen) atoms. The lowest BCUT2D eigenvalue weighted by molar-refractivity contribution is -0.156. The summed E-state index contributed by atoms with van der Waals surface area (Å²) in [5, 5.41) is 0. The van der Waals surface area contributed by atoms with Crippen LogP contribution in [0, 0.1) is 6.92 Å². The molecule has 0 bridgehead atoms. The number of anilines is 1. The summed E-state index contributed by atoms with van der Waals surface area (Å²) in [5.74, 6) is -1.07. The molecule has 0 aliphatic carbocycles. The molecule has 3 rings (SSSR count). The van der Waals surface area contributed by atoms with E-state index in [1.807, 2.05) is 6.92 Å². The Hall–Kier alpha value is -2.71. The minimum atomic E-state index is -3.93. The van der Waals surface area contributed by atoms with E-state index >= 15 is 0 Å². The highest BCUT2D eigenvalue weighted by atomic mass is 32.2. The number of nitrogens with zero attached hydrogens (tertiary/aromatic N) is 1. The van der Waals surface area contributed by atoms with Crippen molar-refractivity contribution in [2.75, 3.05) is 4.90 Å². The normalized spacial score (nSPS) is 19.7. The van der Waals surface area contributed by atoms with Gasteiger partial charge in [0.1, 0.15) is 17.7 Å². The maximum absolute atomic E-state index is 13.1. The van der Waals surface area contributed by atoms with Crippen molar-refractivity contribution in [3.05, 3.63) is 60.2 Å². The predicted octanol–water partition coefficient (Wildman–Crippen LogP) is 2.79. The molecule has 0 unspecified atom stereocenters. The van der Waals surface area contributed by atoms with Crippen LogP contribution in [0.5, 0.6) is 0 Å². The molecule has 2 aromatic rings. The second-order valence-electron chi connectivity index (χ2n) is 8.32. The van der Waals surface area contributed by atoms with E-state index in [9.17, 15) is 18.0 Å². The molecule has 1 aliphatic heterocycles. The van der Waals surface area contributed by atoms with E-state index in [1.54, 1.807) is 63.2 Å². The second kappa shape index (κ2) is 8.20. The smallest absolute Gasteiger partial charge is 0.329 e. The van der Waals surface area contributed by atoms with Crippen LogP contribution >= 0.6 is 0 Å². The second-order valence-corrected chi connectivity index (χ2v) is 10.0. The van der Waals surface area contributed by atoms with E-state index in [-0.39, 0.29) is 11.3 Å². The van der Waals surface area contributed by atoms with E-state index in [4.69, 9.17) is 4.74 Å². The topological polar surface area (TPSA) is 92.8 Å². The third kappa shape index (κ3) is 4.88. The third-order valence-corrected chi connectivity index (χ3v) is 6.14. The largest absolute Gasteiger partial charge is 0.458 e. The summed E-state index contributed by atoms with van der Waals surface area (Å²) in [6.45, 7) is 7.08. The van der Waals surface area contributed by atoms with Gasteiger partial charge in [0.15, 0.2) is 0 Å². The SMILES string of the molecule is Cc1ccc(S(=O)(=O)N[C@H]2C[C@@H](C(=O)OC(C)(C)C)N(c3ccccc3)C2=O)cc1. The summed E-state index contributed by atoms with van der Waals surface area (Å²) < 4.78 is 33.5. The number of ether oxygens (including phenoxy) is 1. The molecule has 1 amide bonds. The molecule has 1 aliphatic rings. The average molecular weight is 431 g/mol. The molecule has 0 saturated carbocycles. The molecule has 1 N–H and O–H groups in total. The zero-order valence-electron chi connectivity index (χ0n) is 17.5. The zero-order valence-corrected chi connectivity index (χ0v) is 18.3. The number of benzene rings is 2. The lowest BCUT2D eigenvalue weighted by atomic mass is 10.1. The van der Waals surface area contributed by atoms with Gasteiger partial charge in [-0.3, -0.25) is 9.69 Å². The Labute approximate surface area is 177 Å². The summed E-state index contributed by atoms with van der Waals surface area (Å²) in [6.07, 6.45) is -0.0201. The van der Waals surface area contributed by atoms with Gasteiger partial charge in [0.05, 0.1) is 4.90 Å². The highest BCUT2D eigenvalue weighted by molar-refractivity contribution is 7.89. The lowest BCUT2D eigenvalue weighted by Crippen LogP contribution is -2.44. The predicted molar refractivity (Wildman–Crippen MR) is 113 cm³/mol. The van der Waals surface area contributed by atoms with Gasteiger partial charge in [0.25, 0.3) is 0 Å². The van der Waals surface area contributed by atoms with Gasteiger partial charge < -0.3 is 4.74 Å². The highest BCUT2D eigenvalue weighted by Gasteiger charge is 2.47. The van der Waals surface area contributed by atoms with Crippen LogP contribution in [0.1, 0.15) is 32.8 Å². The Kier molecular flexibility index (Phi) is 6.01. The molecule has 2 atom stereocenters. The monoisotopic (exact) mass is 430 g/mol. The minimum Gasteiger partial charge on any atom is -0.458 e. The van der Waals surface area contributed by atoms with Crippen molar-refractivity contribution in [1.82, 2.24) is 4.72 Å². The van der Waals surface area contributed by atoms with Crippen molar-refractivity contribution in [2.24, 2.45) is 0 Å². The molecule has 0 aromatic heterocycles. The first-order valence-corrected chi connectivity index (χ1v) is 11.2. The molecule has 0 radical (unpaired) electrons. The molecule has 1 fully saturated rings. The Morgan fingerprint density at radius 2 is 1.67 bits per heavy atom. The zero-order chi connectivity index (χ0) is 22.1. The summed E-state index contributed by atoms with van der Waals surface area (Å²) in [4.78, 5) is 27.3. The van der Waals surface area contributed by atoms with Gasteiger partial charge in [-0.25, -0.2) is 13.2 Å². The average Bonchev–Trinajstić information content (AvgIpc) is 2.97. The molecule has 2 aromatic carbocycles. The van der Waals surface area contributed by atoms with Gasteiger partial charge in [0, 0.05) is 12.1 Å². The Bertz CT molecular complexity index is 1030. The number of hydrogen-bond acceptors (Lipinski definition) is 5. The number of rotatable bonds is 5. The van der Waals surface area contributed by atoms with Crippen LogP contribution in [0.25, 0.3) is 0 Å². The van der Waals surface area contributed by atoms with Crippen LogP contribution in [0.3, 0.4) is 0 Å². The molecule has 7 nitrogen and oxygen atoms in total. The summed E-state index contributed by atoms with van der Waals surface area (Å²) >= 11 is 0. The summed E-state index contributed by atoms with van der Waals surface area (Å²) in [6, 6.07) is 13.0. The van der Waals surface area contributed by atoms with Crippen molar-refractivity contribution in [3.8, 4) is 0 Å². The van der Waals surface area contributed by atoms with Crippen LogP contribution in [0.4, 0.5) is 5.69 Å². The molecule has 0 spiro atoms. The molecule has 8 heteroatoms.